The molecule has 0 spiro atoms. The van der Waals surface area contributed by atoms with Crippen molar-refractivity contribution in [3.8, 4) is 0 Å². The second kappa shape index (κ2) is 3.75. The molecule has 0 unspecified atom stereocenters. The largest absolute Gasteiger partial charge is 0.507 e. The lowest BCUT2D eigenvalue weighted by Crippen LogP contribution is -2.46. The zero-order chi connectivity index (χ0) is 7.33. The van der Waals surface area contributed by atoms with Crippen LogP contribution in [0, 0.1) is 0 Å². The number of rotatable bonds is 4. The molecule has 0 atom stereocenters. The summed E-state index contributed by atoms with van der Waals surface area (Å²) in [6.07, 6.45) is 1.43. The number of nitrogens with one attached hydrogen (secondary N) is 1. The molecule has 5 heteroatoms. The molecule has 0 aromatic carbocycles. The van der Waals surface area contributed by atoms with Gasteiger partial charge in [-0.05, 0) is 0 Å². The molecule has 0 bridgehead atoms. The van der Waals surface area contributed by atoms with Gasteiger partial charge in [0.2, 0.25) is 0 Å². The van der Waals surface area contributed by atoms with Gasteiger partial charge in [0.25, 0.3) is 0 Å². The van der Waals surface area contributed by atoms with Crippen molar-refractivity contribution < 1.29 is 14.4 Å². The molecule has 0 radical (unpaired) electrons. The van der Waals surface area contributed by atoms with Crippen LogP contribution in [0.2, 0.25) is 0 Å². The van der Waals surface area contributed by atoms with Gasteiger partial charge in [-0.3, -0.25) is 0 Å². The van der Waals surface area contributed by atoms with E-state index in [-0.39, 0.29) is 6.17 Å². The maximum Gasteiger partial charge on any atom is 0.507 e. The van der Waals surface area contributed by atoms with E-state index in [2.05, 4.69) is 11.9 Å². The first-order valence-corrected chi connectivity index (χ1v) is 4.60. The normalized spacial score (nSPS) is 11.4. The highest BCUT2D eigenvalue weighted by Crippen LogP contribution is 1.79. The van der Waals surface area contributed by atoms with Crippen LogP contribution in [0.4, 0.5) is 0 Å². The van der Waals surface area contributed by atoms with Gasteiger partial charge in [-0.15, -0.1) is 6.58 Å². The molecule has 0 saturated carbocycles. The van der Waals surface area contributed by atoms with Crippen molar-refractivity contribution in [1.82, 2.24) is 5.32 Å². The maximum absolute atomic E-state index is 8.40. The fraction of sp³-hybridized carbons (Fsp3) is 0.500. The first-order chi connectivity index (χ1) is 4.06. The predicted molar refractivity (Wildman–Crippen MR) is 35.5 cm³/mol. The average molecular weight is 149 g/mol. The molecule has 0 amide bonds. The molecule has 0 fully saturated rings. The molecule has 0 aliphatic heterocycles. The van der Waals surface area contributed by atoms with Crippen LogP contribution in [0.15, 0.2) is 12.7 Å². The van der Waals surface area contributed by atoms with E-state index in [1.165, 1.54) is 0 Å². The van der Waals surface area contributed by atoms with Gasteiger partial charge in [0.15, 0.2) is 0 Å². The molecule has 9 heavy (non-hydrogen) atoms. The minimum absolute atomic E-state index is 0.140. The first-order valence-electron chi connectivity index (χ1n) is 2.55. The van der Waals surface area contributed by atoms with E-state index in [1.807, 2.05) is 0 Å². The first kappa shape index (κ1) is 8.80. The van der Waals surface area contributed by atoms with Crippen molar-refractivity contribution in [2.24, 2.45) is 0 Å². The molecule has 0 rings (SSSR count). The molecule has 54 valence electrons. The molecule has 0 aromatic heterocycles. The van der Waals surface area contributed by atoms with Gasteiger partial charge in [0.1, 0.15) is 0 Å². The van der Waals surface area contributed by atoms with Gasteiger partial charge in [0, 0.05) is 6.54 Å². The van der Waals surface area contributed by atoms with E-state index in [4.69, 9.17) is 14.4 Å². The average Bonchev–Trinajstić information content (AvgIpc) is 1.63. The Bertz CT molecular complexity index is 90.3. The summed E-state index contributed by atoms with van der Waals surface area (Å²) in [6.45, 7) is 3.86. The van der Waals surface area contributed by atoms with Crippen LogP contribution in [0.5, 0.6) is 0 Å². The van der Waals surface area contributed by atoms with E-state index < -0.39 is 8.80 Å². The Morgan fingerprint density at radius 1 is 1.44 bits per heavy atom. The number of hydrogen-bond donors (Lipinski definition) is 4. The summed E-state index contributed by atoms with van der Waals surface area (Å²) in [5.41, 5.74) is 0. The van der Waals surface area contributed by atoms with E-state index in [1.54, 1.807) is 6.08 Å². The monoisotopic (exact) mass is 149 g/mol. The highest BCUT2D eigenvalue weighted by atomic mass is 28.4. The Kier molecular flexibility index (Phi) is 3.67. The Balaban J connectivity index is 3.17. The van der Waals surface area contributed by atoms with Gasteiger partial charge in [-0.25, -0.2) is 0 Å². The summed E-state index contributed by atoms with van der Waals surface area (Å²) in [4.78, 5) is 25.2. The zero-order valence-electron chi connectivity index (χ0n) is 5.04. The SMILES string of the molecule is C=CCNC[Si](O)(O)O. The fourth-order valence-corrected chi connectivity index (χ4v) is 0.822. The Morgan fingerprint density at radius 3 is 2.33 bits per heavy atom. The summed E-state index contributed by atoms with van der Waals surface area (Å²) in [6, 6.07) is 0. The standard InChI is InChI=1S/C4H11NO3Si/c1-2-3-5-4-9(6,7)8/h2,5-8H,1,3-4H2. The second-order valence-electron chi connectivity index (χ2n) is 1.69. The summed E-state index contributed by atoms with van der Waals surface area (Å²) >= 11 is 0. The van der Waals surface area contributed by atoms with Gasteiger partial charge in [-0.1, -0.05) is 6.08 Å². The summed E-state index contributed by atoms with van der Waals surface area (Å²) in [5.74, 6) is 0. The van der Waals surface area contributed by atoms with Gasteiger partial charge < -0.3 is 19.7 Å². The van der Waals surface area contributed by atoms with Gasteiger partial charge in [-0.2, -0.15) is 0 Å². The molecule has 0 aromatic rings. The smallest absolute Gasteiger partial charge is 0.389 e. The molecule has 0 aliphatic carbocycles. The lowest BCUT2D eigenvalue weighted by molar-refractivity contribution is 0.225. The van der Waals surface area contributed by atoms with Crippen molar-refractivity contribution in [2.75, 3.05) is 12.7 Å². The highest BCUT2D eigenvalue weighted by Gasteiger charge is 2.25. The summed E-state index contributed by atoms with van der Waals surface area (Å²) < 4.78 is 0. The zero-order valence-corrected chi connectivity index (χ0v) is 6.04. The number of hydrogen-bond acceptors (Lipinski definition) is 4. The predicted octanol–water partition coefficient (Wildman–Crippen LogP) is -1.78. The third-order valence-electron chi connectivity index (χ3n) is 0.651. The fourth-order valence-electron chi connectivity index (χ4n) is 0.342. The highest BCUT2D eigenvalue weighted by molar-refractivity contribution is 6.56. The van der Waals surface area contributed by atoms with Crippen LogP contribution in [0.25, 0.3) is 0 Å². The van der Waals surface area contributed by atoms with Crippen molar-refractivity contribution in [3.05, 3.63) is 12.7 Å². The van der Waals surface area contributed by atoms with Crippen molar-refractivity contribution in [3.63, 3.8) is 0 Å². The van der Waals surface area contributed by atoms with Crippen LogP contribution in [0.3, 0.4) is 0 Å². The minimum atomic E-state index is -3.85. The van der Waals surface area contributed by atoms with E-state index in [0.29, 0.717) is 6.54 Å². The van der Waals surface area contributed by atoms with Crippen LogP contribution in [-0.4, -0.2) is 35.9 Å². The van der Waals surface area contributed by atoms with Crippen LogP contribution >= 0.6 is 0 Å². The lowest BCUT2D eigenvalue weighted by atomic mass is 10.6. The van der Waals surface area contributed by atoms with Crippen molar-refractivity contribution in [1.29, 1.82) is 0 Å². The lowest BCUT2D eigenvalue weighted by Gasteiger charge is -2.08. The van der Waals surface area contributed by atoms with Gasteiger partial charge in [0.05, 0.1) is 6.17 Å². The Labute approximate surface area is 54.8 Å². The van der Waals surface area contributed by atoms with Crippen LogP contribution < -0.4 is 5.32 Å². The Morgan fingerprint density at radius 2 is 2.00 bits per heavy atom. The third kappa shape index (κ3) is 7.80. The maximum atomic E-state index is 8.40. The van der Waals surface area contributed by atoms with E-state index >= 15 is 0 Å². The third-order valence-corrected chi connectivity index (χ3v) is 1.38. The van der Waals surface area contributed by atoms with E-state index in [9.17, 15) is 0 Å². The van der Waals surface area contributed by atoms with Crippen LogP contribution in [0.1, 0.15) is 0 Å². The quantitative estimate of drug-likeness (QED) is 0.216. The molecule has 0 aliphatic rings. The van der Waals surface area contributed by atoms with Crippen molar-refractivity contribution >= 4 is 8.80 Å². The molecular weight excluding hydrogens is 138 g/mol. The second-order valence-corrected chi connectivity index (χ2v) is 3.60. The molecule has 0 heterocycles. The minimum Gasteiger partial charge on any atom is -0.389 e. The van der Waals surface area contributed by atoms with Gasteiger partial charge >= 0.3 is 8.80 Å². The summed E-state index contributed by atoms with van der Waals surface area (Å²) in [7, 11) is -3.85. The molecule has 4 N–H and O–H groups in total. The topological polar surface area (TPSA) is 72.7 Å². The molecular formula is C4H11NO3Si. The van der Waals surface area contributed by atoms with E-state index in [0.717, 1.165) is 0 Å². The Hall–Kier alpha value is -0.203. The molecule has 4 nitrogen and oxygen atoms in total. The van der Waals surface area contributed by atoms with Crippen LogP contribution in [-0.2, 0) is 0 Å². The van der Waals surface area contributed by atoms with Crippen molar-refractivity contribution in [2.45, 2.75) is 0 Å². The molecule has 0 saturated heterocycles. The summed E-state index contributed by atoms with van der Waals surface area (Å²) in [5, 5.41) is 2.57.